The first-order valence-electron chi connectivity index (χ1n) is 15.2. The summed E-state index contributed by atoms with van der Waals surface area (Å²) in [5.74, 6) is 5.45. The average molecular weight is 499 g/mol. The molecule has 0 aromatic rings. The number of carbonyl (C=O) groups is 1. The summed E-state index contributed by atoms with van der Waals surface area (Å²) < 4.78 is 5.72. The summed E-state index contributed by atoms with van der Waals surface area (Å²) in [7, 11) is 0. The van der Waals surface area contributed by atoms with Crippen molar-refractivity contribution in [1.82, 2.24) is 0 Å². The third-order valence-electron chi connectivity index (χ3n) is 12.0. The van der Waals surface area contributed by atoms with Crippen molar-refractivity contribution < 1.29 is 14.6 Å². The van der Waals surface area contributed by atoms with E-state index >= 15 is 0 Å². The maximum Gasteiger partial charge on any atom is 0.336 e. The number of aliphatic hydroxyl groups is 1. The third-order valence-corrected chi connectivity index (χ3v) is 12.0. The molecule has 3 saturated carbocycles. The molecule has 204 valence electrons. The highest BCUT2D eigenvalue weighted by Gasteiger charge is 2.59. The Balaban J connectivity index is 1.43. The lowest BCUT2D eigenvalue weighted by Gasteiger charge is -2.58. The van der Waals surface area contributed by atoms with Crippen molar-refractivity contribution in [3.63, 3.8) is 0 Å². The summed E-state index contributed by atoms with van der Waals surface area (Å²) >= 11 is 0. The number of esters is 1. The molecule has 9 atom stereocenters. The van der Waals surface area contributed by atoms with Gasteiger partial charge in [-0.25, -0.2) is 4.79 Å². The molecule has 4 aliphatic rings. The van der Waals surface area contributed by atoms with Gasteiger partial charge >= 0.3 is 5.97 Å². The van der Waals surface area contributed by atoms with E-state index in [1.54, 1.807) is 0 Å². The number of ether oxygens (including phenoxy) is 1. The molecule has 0 spiro atoms. The number of aliphatic hydroxyl groups excluding tert-OH is 1. The smallest absolute Gasteiger partial charge is 0.336 e. The van der Waals surface area contributed by atoms with Crippen molar-refractivity contribution in [2.45, 2.75) is 118 Å². The van der Waals surface area contributed by atoms with Crippen molar-refractivity contribution in [3.05, 3.63) is 23.8 Å². The van der Waals surface area contributed by atoms with Gasteiger partial charge in [-0.15, -0.1) is 0 Å². The molecule has 0 saturated heterocycles. The van der Waals surface area contributed by atoms with Gasteiger partial charge in [-0.05, 0) is 104 Å². The average Bonchev–Trinajstić information content (AvgIpc) is 3.21. The Morgan fingerprint density at radius 2 is 1.86 bits per heavy atom. The number of fused-ring (bicyclic) bond motifs is 5. The van der Waals surface area contributed by atoms with E-state index in [0.717, 1.165) is 60.7 Å². The van der Waals surface area contributed by atoms with Crippen LogP contribution in [0.2, 0.25) is 0 Å². The molecule has 0 amide bonds. The van der Waals surface area contributed by atoms with E-state index in [4.69, 9.17) is 4.74 Å². The minimum absolute atomic E-state index is 0.0694. The fourth-order valence-corrected chi connectivity index (χ4v) is 9.69. The molecule has 0 aromatic carbocycles. The van der Waals surface area contributed by atoms with E-state index in [1.165, 1.54) is 56.9 Å². The summed E-state index contributed by atoms with van der Waals surface area (Å²) in [4.78, 5) is 12.2. The molecule has 0 radical (unpaired) electrons. The zero-order valence-corrected chi connectivity index (χ0v) is 24.2. The van der Waals surface area contributed by atoms with Gasteiger partial charge in [-0.1, -0.05) is 72.6 Å². The Bertz CT molecular complexity index is 842. The molecular weight excluding hydrogens is 444 g/mol. The topological polar surface area (TPSA) is 46.5 Å². The van der Waals surface area contributed by atoms with Crippen LogP contribution in [-0.2, 0) is 9.53 Å². The first-order chi connectivity index (χ1) is 17.0. The minimum atomic E-state index is -0.432. The predicted molar refractivity (Wildman–Crippen MR) is 148 cm³/mol. The first-order valence-corrected chi connectivity index (χ1v) is 15.2. The highest BCUT2D eigenvalue weighted by Crippen LogP contribution is 2.67. The lowest BCUT2D eigenvalue weighted by molar-refractivity contribution is -0.147. The predicted octanol–water partition coefficient (Wildman–Crippen LogP) is 8.12. The van der Waals surface area contributed by atoms with Crippen LogP contribution in [0.4, 0.5) is 0 Å². The number of hydrogen-bond donors (Lipinski definition) is 1. The monoisotopic (exact) mass is 498 g/mol. The second kappa shape index (κ2) is 11.0. The molecule has 36 heavy (non-hydrogen) atoms. The van der Waals surface area contributed by atoms with Crippen LogP contribution in [0.15, 0.2) is 23.8 Å². The van der Waals surface area contributed by atoms with E-state index in [-0.39, 0.29) is 23.7 Å². The Labute approximate surface area is 221 Å². The van der Waals surface area contributed by atoms with E-state index in [0.29, 0.717) is 5.41 Å². The van der Waals surface area contributed by atoms with Crippen LogP contribution in [0.1, 0.15) is 112 Å². The molecule has 0 bridgehead atoms. The molecule has 0 unspecified atom stereocenters. The van der Waals surface area contributed by atoms with Crippen molar-refractivity contribution in [3.8, 4) is 0 Å². The van der Waals surface area contributed by atoms with Gasteiger partial charge in [0.25, 0.3) is 0 Å². The molecule has 4 rings (SSSR count). The van der Waals surface area contributed by atoms with Gasteiger partial charge in [-0.3, -0.25) is 0 Å². The summed E-state index contributed by atoms with van der Waals surface area (Å²) in [5.41, 5.74) is 2.47. The molecule has 3 heteroatoms. The van der Waals surface area contributed by atoms with Crippen LogP contribution < -0.4 is 0 Å². The summed E-state index contributed by atoms with van der Waals surface area (Å²) in [6, 6.07) is 0. The quantitative estimate of drug-likeness (QED) is 0.198. The highest BCUT2D eigenvalue weighted by molar-refractivity contribution is 5.88. The van der Waals surface area contributed by atoms with E-state index < -0.39 is 5.97 Å². The van der Waals surface area contributed by atoms with Crippen LogP contribution in [0, 0.1) is 52.3 Å². The molecular formula is C33H54O3. The Morgan fingerprint density at radius 1 is 1.11 bits per heavy atom. The van der Waals surface area contributed by atoms with Gasteiger partial charge in [0.1, 0.15) is 6.10 Å². The molecule has 3 fully saturated rings. The van der Waals surface area contributed by atoms with Crippen molar-refractivity contribution in [2.24, 2.45) is 52.3 Å². The second-order valence-corrected chi connectivity index (χ2v) is 14.0. The van der Waals surface area contributed by atoms with Crippen LogP contribution in [0.3, 0.4) is 0 Å². The second-order valence-electron chi connectivity index (χ2n) is 14.0. The third kappa shape index (κ3) is 4.99. The van der Waals surface area contributed by atoms with Crippen LogP contribution >= 0.6 is 0 Å². The van der Waals surface area contributed by atoms with Crippen molar-refractivity contribution in [2.75, 3.05) is 6.61 Å². The fraction of sp³-hybridized carbons (Fsp3) is 0.848. The number of allylic oxidation sites excluding steroid dienone is 1. The number of rotatable bonds is 9. The lowest BCUT2D eigenvalue weighted by Crippen LogP contribution is -2.51. The Hall–Kier alpha value is -1.09. The molecule has 0 aliphatic heterocycles. The molecule has 0 heterocycles. The van der Waals surface area contributed by atoms with E-state index in [1.807, 2.05) is 0 Å². The minimum Gasteiger partial charge on any atom is -0.459 e. The fourth-order valence-electron chi connectivity index (χ4n) is 9.69. The molecule has 3 nitrogen and oxygen atoms in total. The first kappa shape index (κ1) is 27.9. The van der Waals surface area contributed by atoms with Gasteiger partial charge in [-0.2, -0.15) is 0 Å². The summed E-state index contributed by atoms with van der Waals surface area (Å²) in [6.07, 6.45) is 16.4. The Kier molecular flexibility index (Phi) is 8.50. The van der Waals surface area contributed by atoms with Crippen LogP contribution in [-0.4, -0.2) is 23.8 Å². The lowest BCUT2D eigenvalue weighted by atomic mass is 9.47. The van der Waals surface area contributed by atoms with E-state index in [2.05, 4.69) is 54.2 Å². The SMILES string of the molecule is C=C(CO)C(=O)O[C@H]1CC[C@@]2(C)C(=CC[C@H]3[C@@H]4CC[C@H]([C@H](C)CC[C@@H](CC)C(C)C)[C@@]4(C)CC[C@@H]32)C1. The standard InChI is InChI=1S/C33H54O3/c1-8-24(21(2)3)10-9-22(4)28-13-14-29-27-12-11-25-19-26(36-31(35)23(5)20-34)15-17-32(25,6)30(27)16-18-33(28,29)7/h11,21-22,24,26-30,34H,5,8-10,12-20H2,1-4,6-7H3/t22-,24-,26+,27+,28-,29+,30+,32+,33-/m1/s1. The zero-order chi connectivity index (χ0) is 26.3. The van der Waals surface area contributed by atoms with Crippen molar-refractivity contribution >= 4 is 5.97 Å². The molecule has 1 N–H and O–H groups in total. The van der Waals surface area contributed by atoms with E-state index in [9.17, 15) is 9.90 Å². The zero-order valence-electron chi connectivity index (χ0n) is 24.2. The Morgan fingerprint density at radius 3 is 2.53 bits per heavy atom. The summed E-state index contributed by atoms with van der Waals surface area (Å²) in [6.45, 7) is 18.3. The normalized spacial score (nSPS) is 39.4. The summed E-state index contributed by atoms with van der Waals surface area (Å²) in [5, 5.41) is 9.22. The van der Waals surface area contributed by atoms with Gasteiger partial charge < -0.3 is 9.84 Å². The van der Waals surface area contributed by atoms with Gasteiger partial charge in [0, 0.05) is 6.42 Å². The van der Waals surface area contributed by atoms with Gasteiger partial charge in [0.2, 0.25) is 0 Å². The largest absolute Gasteiger partial charge is 0.459 e. The molecule has 0 aromatic heterocycles. The van der Waals surface area contributed by atoms with Gasteiger partial charge in [0.05, 0.1) is 12.2 Å². The highest BCUT2D eigenvalue weighted by atomic mass is 16.5. The van der Waals surface area contributed by atoms with Crippen molar-refractivity contribution in [1.29, 1.82) is 0 Å². The van der Waals surface area contributed by atoms with Crippen LogP contribution in [0.5, 0.6) is 0 Å². The van der Waals surface area contributed by atoms with Crippen LogP contribution in [0.25, 0.3) is 0 Å². The number of hydrogen-bond acceptors (Lipinski definition) is 3. The maximum absolute atomic E-state index is 12.2. The molecule has 4 aliphatic carbocycles. The number of carbonyl (C=O) groups excluding carboxylic acids is 1. The maximum atomic E-state index is 12.2. The van der Waals surface area contributed by atoms with Gasteiger partial charge in [0.15, 0.2) is 0 Å².